The maximum Gasteiger partial charge on any atom is 0.211 e. The molecule has 0 unspecified atom stereocenters. The minimum Gasteiger partial charge on any atom is -0.396 e. The molecule has 1 heterocycles. The van der Waals surface area contributed by atoms with Crippen LogP contribution in [-0.2, 0) is 9.84 Å². The van der Waals surface area contributed by atoms with Crippen LogP contribution in [0.4, 0.5) is 20.8 Å². The highest BCUT2D eigenvalue weighted by molar-refractivity contribution is 7.92. The van der Waals surface area contributed by atoms with Crippen LogP contribution in [0.3, 0.4) is 0 Å². The quantitative estimate of drug-likeness (QED) is 0.225. The third kappa shape index (κ3) is 4.57. The number of sulfone groups is 1. The monoisotopic (exact) mass is 514 g/mol. The number of nitrogens with two attached hydrogens (primary N) is 1. The molecule has 1 aromatic heterocycles. The molecule has 0 aliphatic rings. The van der Waals surface area contributed by atoms with Crippen molar-refractivity contribution >= 4 is 54.9 Å². The predicted molar refractivity (Wildman–Crippen MR) is 135 cm³/mol. The summed E-state index contributed by atoms with van der Waals surface area (Å²) in [6, 6.07) is 17.3. The molecule has 0 aliphatic heterocycles. The summed E-state index contributed by atoms with van der Waals surface area (Å²) in [5.74, 6) is -1.14. The number of carbonyl (C=O) groups excluding carboxylic acids is 1. The minimum absolute atomic E-state index is 0.0878. The Morgan fingerprint density at radius 3 is 2.26 bits per heavy atom. The van der Waals surface area contributed by atoms with Crippen LogP contribution in [0.25, 0.3) is 0 Å². The smallest absolute Gasteiger partial charge is 0.211 e. The van der Waals surface area contributed by atoms with Crippen molar-refractivity contribution in [1.29, 1.82) is 0 Å². The predicted octanol–water partition coefficient (Wildman–Crippen LogP) is 6.55. The van der Waals surface area contributed by atoms with Crippen molar-refractivity contribution in [3.63, 3.8) is 0 Å². The molecule has 34 heavy (non-hydrogen) atoms. The molecule has 4 rings (SSSR count). The van der Waals surface area contributed by atoms with Gasteiger partial charge in [-0.25, -0.2) is 12.8 Å². The van der Waals surface area contributed by atoms with Crippen LogP contribution in [0.5, 0.6) is 0 Å². The first-order chi connectivity index (χ1) is 16.1. The van der Waals surface area contributed by atoms with Gasteiger partial charge in [0.15, 0.2) is 0 Å². The fraction of sp³-hybridized carbons (Fsp3) is 0.0800. The van der Waals surface area contributed by atoms with Crippen molar-refractivity contribution in [2.24, 2.45) is 0 Å². The highest BCUT2D eigenvalue weighted by Gasteiger charge is 2.32. The van der Waals surface area contributed by atoms with Gasteiger partial charge in [0.05, 0.1) is 15.6 Å². The van der Waals surface area contributed by atoms with Gasteiger partial charge >= 0.3 is 0 Å². The second-order valence-corrected chi connectivity index (χ2v) is 11.1. The zero-order valence-electron chi connectivity index (χ0n) is 18.2. The van der Waals surface area contributed by atoms with Crippen molar-refractivity contribution in [1.82, 2.24) is 0 Å². The van der Waals surface area contributed by atoms with E-state index in [4.69, 9.17) is 17.3 Å². The summed E-state index contributed by atoms with van der Waals surface area (Å²) in [6.45, 7) is 3.84. The molecule has 0 aliphatic carbocycles. The average molecular weight is 515 g/mol. The van der Waals surface area contributed by atoms with Crippen LogP contribution in [0, 0.1) is 19.7 Å². The van der Waals surface area contributed by atoms with Gasteiger partial charge in [0.25, 0.3) is 0 Å². The average Bonchev–Trinajstić information content (AvgIpc) is 3.11. The number of thiophene rings is 1. The summed E-state index contributed by atoms with van der Waals surface area (Å²) in [4.78, 5) is 12.8. The van der Waals surface area contributed by atoms with E-state index in [0.717, 1.165) is 40.7 Å². The number of ketones is 1. The molecule has 9 heteroatoms. The Hall–Kier alpha value is -3.20. The van der Waals surface area contributed by atoms with Gasteiger partial charge in [0.1, 0.15) is 20.6 Å². The summed E-state index contributed by atoms with van der Waals surface area (Å²) >= 11 is 6.80. The number of benzene rings is 3. The highest BCUT2D eigenvalue weighted by Crippen LogP contribution is 2.44. The van der Waals surface area contributed by atoms with E-state index in [2.05, 4.69) is 5.32 Å². The Morgan fingerprint density at radius 2 is 1.65 bits per heavy atom. The fourth-order valence-corrected chi connectivity index (χ4v) is 6.81. The molecule has 0 amide bonds. The highest BCUT2D eigenvalue weighted by atomic mass is 35.5. The molecule has 3 aromatic carbocycles. The first-order valence-electron chi connectivity index (χ1n) is 10.2. The second kappa shape index (κ2) is 9.21. The molecule has 0 saturated carbocycles. The first-order valence-corrected chi connectivity index (χ1v) is 12.8. The number of nitrogens with one attached hydrogen (secondary N) is 1. The van der Waals surface area contributed by atoms with E-state index < -0.39 is 21.4 Å². The van der Waals surface area contributed by atoms with Crippen LogP contribution in [-0.4, -0.2) is 14.2 Å². The molecule has 0 radical (unpaired) electrons. The van der Waals surface area contributed by atoms with Crippen molar-refractivity contribution in [3.8, 4) is 0 Å². The molecule has 5 nitrogen and oxygen atoms in total. The van der Waals surface area contributed by atoms with E-state index in [9.17, 15) is 17.6 Å². The lowest BCUT2D eigenvalue weighted by Crippen LogP contribution is -2.08. The van der Waals surface area contributed by atoms with Gasteiger partial charge in [-0.3, -0.25) is 4.79 Å². The Balaban J connectivity index is 1.91. The SMILES string of the molecule is Cc1cc(C)cc(Nc2sc(C(=O)c3ccccc3)c(N)c2S(=O)(=O)c2ccc(F)c(Cl)c2)c1. The number of halogens is 2. The number of aryl methyl sites for hydroxylation is 2. The first kappa shape index (κ1) is 23.9. The standard InChI is InChI=1S/C25H20ClFN2O3S2/c1-14-10-15(2)12-17(11-14)29-25-24(34(31,32)18-8-9-20(27)19(26)13-18)21(28)23(33-25)22(30)16-6-4-3-5-7-16/h3-13,29H,28H2,1-2H3. The van der Waals surface area contributed by atoms with E-state index >= 15 is 0 Å². The van der Waals surface area contributed by atoms with Crippen LogP contribution in [0.2, 0.25) is 5.02 Å². The van der Waals surface area contributed by atoms with Crippen LogP contribution in [0.1, 0.15) is 26.4 Å². The van der Waals surface area contributed by atoms with Gasteiger partial charge < -0.3 is 11.1 Å². The molecule has 174 valence electrons. The lowest BCUT2D eigenvalue weighted by atomic mass is 10.1. The lowest BCUT2D eigenvalue weighted by molar-refractivity contribution is 0.104. The van der Waals surface area contributed by atoms with Crippen LogP contribution < -0.4 is 11.1 Å². The van der Waals surface area contributed by atoms with Gasteiger partial charge in [-0.15, -0.1) is 11.3 Å². The summed E-state index contributed by atoms with van der Waals surface area (Å²) in [5, 5.41) is 2.97. The third-order valence-electron chi connectivity index (χ3n) is 5.09. The summed E-state index contributed by atoms with van der Waals surface area (Å²) < 4.78 is 41.0. The van der Waals surface area contributed by atoms with Gasteiger partial charge in [0.2, 0.25) is 15.6 Å². The number of carbonyl (C=O) groups is 1. The Labute approximate surface area is 205 Å². The molecule has 0 saturated heterocycles. The Bertz CT molecular complexity index is 1500. The molecule has 4 aromatic rings. The van der Waals surface area contributed by atoms with Gasteiger partial charge in [-0.2, -0.15) is 0 Å². The molecule has 3 N–H and O–H groups in total. The van der Waals surface area contributed by atoms with Crippen molar-refractivity contribution in [2.45, 2.75) is 23.6 Å². The van der Waals surface area contributed by atoms with Crippen LogP contribution in [0.15, 0.2) is 76.5 Å². The number of anilines is 3. The molecular weight excluding hydrogens is 495 g/mol. The van der Waals surface area contributed by atoms with Crippen molar-refractivity contribution < 1.29 is 17.6 Å². The molecule has 0 fully saturated rings. The van der Waals surface area contributed by atoms with E-state index in [0.29, 0.717) is 11.3 Å². The van der Waals surface area contributed by atoms with Crippen molar-refractivity contribution in [3.05, 3.63) is 99.1 Å². The zero-order valence-corrected chi connectivity index (χ0v) is 20.6. The molecule has 0 bridgehead atoms. The van der Waals surface area contributed by atoms with E-state index in [-0.39, 0.29) is 30.4 Å². The normalized spacial score (nSPS) is 11.4. The van der Waals surface area contributed by atoms with E-state index in [1.165, 1.54) is 0 Å². The third-order valence-corrected chi connectivity index (χ3v) is 8.47. The lowest BCUT2D eigenvalue weighted by Gasteiger charge is -2.11. The second-order valence-electron chi connectivity index (χ2n) is 7.78. The fourth-order valence-electron chi connectivity index (χ4n) is 3.61. The van der Waals surface area contributed by atoms with E-state index in [1.807, 2.05) is 32.0 Å². The summed E-state index contributed by atoms with van der Waals surface area (Å²) in [6.07, 6.45) is 0. The number of rotatable bonds is 6. The topological polar surface area (TPSA) is 89.3 Å². The maximum atomic E-state index is 13.7. The van der Waals surface area contributed by atoms with Gasteiger partial charge in [0, 0.05) is 11.3 Å². The number of nitrogen functional groups attached to an aromatic ring is 1. The Morgan fingerprint density at radius 1 is 1.00 bits per heavy atom. The summed E-state index contributed by atoms with van der Waals surface area (Å²) in [7, 11) is -4.26. The minimum atomic E-state index is -4.26. The largest absolute Gasteiger partial charge is 0.396 e. The molecular formula is C25H20ClFN2O3S2. The van der Waals surface area contributed by atoms with Gasteiger partial charge in [-0.05, 0) is 55.3 Å². The van der Waals surface area contributed by atoms with Gasteiger partial charge in [-0.1, -0.05) is 48.0 Å². The number of hydrogen-bond donors (Lipinski definition) is 2. The zero-order chi connectivity index (χ0) is 24.6. The Kier molecular flexibility index (Phi) is 6.49. The van der Waals surface area contributed by atoms with Crippen molar-refractivity contribution in [2.75, 3.05) is 11.1 Å². The maximum absolute atomic E-state index is 13.7. The van der Waals surface area contributed by atoms with Crippen LogP contribution >= 0.6 is 22.9 Å². The van der Waals surface area contributed by atoms with E-state index in [1.54, 1.807) is 30.3 Å². The molecule has 0 spiro atoms. The summed E-state index contributed by atoms with van der Waals surface area (Å²) in [5.41, 5.74) is 9.11. The number of hydrogen-bond acceptors (Lipinski definition) is 6. The molecule has 0 atom stereocenters.